The topological polar surface area (TPSA) is 50.4 Å². The van der Waals surface area contributed by atoms with Gasteiger partial charge in [-0.3, -0.25) is 4.79 Å². The van der Waals surface area contributed by atoms with Crippen LogP contribution in [0, 0.1) is 10.5 Å². The zero-order valence-corrected chi connectivity index (χ0v) is 11.4. The van der Waals surface area contributed by atoms with Crippen molar-refractivity contribution in [1.29, 1.82) is 0 Å². The monoisotopic (exact) mass is 342 g/mol. The average Bonchev–Trinajstić information content (AvgIpc) is 2.64. The van der Waals surface area contributed by atoms with Crippen molar-refractivity contribution in [2.45, 2.75) is 13.3 Å². The molecule has 0 aliphatic rings. The van der Waals surface area contributed by atoms with Crippen LogP contribution in [0.25, 0.3) is 0 Å². The number of halogens is 1. The van der Waals surface area contributed by atoms with Gasteiger partial charge in [0.2, 0.25) is 0 Å². The molecule has 1 heterocycles. The van der Waals surface area contributed by atoms with E-state index in [1.54, 1.807) is 6.07 Å². The van der Waals surface area contributed by atoms with E-state index in [4.69, 9.17) is 4.42 Å². The lowest BCUT2D eigenvalue weighted by Gasteiger charge is -2.02. The van der Waals surface area contributed by atoms with Crippen molar-refractivity contribution >= 4 is 28.9 Å². The Kier molecular flexibility index (Phi) is 3.51. The Bertz CT molecular complexity index is 558. The molecular weight excluding hydrogens is 331 g/mol. The number of aldehydes is 1. The van der Waals surface area contributed by atoms with Crippen LogP contribution < -0.4 is 0 Å². The lowest BCUT2D eigenvalue weighted by Crippen LogP contribution is -1.88. The minimum absolute atomic E-state index is 0.243. The molecule has 0 aliphatic carbocycles. The first-order chi connectivity index (χ1) is 8.10. The molecule has 0 atom stereocenters. The van der Waals surface area contributed by atoms with Gasteiger partial charge in [-0.05, 0) is 59.3 Å². The third kappa shape index (κ3) is 2.69. The molecule has 4 heteroatoms. The molecule has 0 aliphatic heterocycles. The van der Waals surface area contributed by atoms with Crippen molar-refractivity contribution in [2.75, 3.05) is 0 Å². The van der Waals surface area contributed by atoms with Gasteiger partial charge in [0, 0.05) is 15.6 Å². The SMILES string of the molecule is Cc1cc(Cc2cc(I)ccc2O)oc1C=O. The molecule has 0 saturated carbocycles. The lowest BCUT2D eigenvalue weighted by atomic mass is 10.1. The summed E-state index contributed by atoms with van der Waals surface area (Å²) >= 11 is 2.19. The Morgan fingerprint density at radius 1 is 1.41 bits per heavy atom. The van der Waals surface area contributed by atoms with E-state index in [9.17, 15) is 9.90 Å². The quantitative estimate of drug-likeness (QED) is 0.688. The van der Waals surface area contributed by atoms with Gasteiger partial charge in [0.15, 0.2) is 12.0 Å². The van der Waals surface area contributed by atoms with E-state index in [0.717, 1.165) is 14.7 Å². The molecule has 0 radical (unpaired) electrons. The number of phenols is 1. The van der Waals surface area contributed by atoms with Crippen molar-refractivity contribution in [1.82, 2.24) is 0 Å². The molecule has 0 bridgehead atoms. The van der Waals surface area contributed by atoms with Crippen molar-refractivity contribution in [3.05, 3.63) is 50.5 Å². The van der Waals surface area contributed by atoms with Gasteiger partial charge in [-0.15, -0.1) is 0 Å². The highest BCUT2D eigenvalue weighted by Crippen LogP contribution is 2.24. The van der Waals surface area contributed by atoms with Crippen LogP contribution in [-0.4, -0.2) is 11.4 Å². The molecule has 3 nitrogen and oxygen atoms in total. The Labute approximate surface area is 113 Å². The highest BCUT2D eigenvalue weighted by molar-refractivity contribution is 14.1. The van der Waals surface area contributed by atoms with Crippen LogP contribution in [0.4, 0.5) is 0 Å². The third-order valence-electron chi connectivity index (χ3n) is 2.52. The van der Waals surface area contributed by atoms with Gasteiger partial charge in [0.25, 0.3) is 0 Å². The molecule has 0 fully saturated rings. The molecule has 2 rings (SSSR count). The second-order valence-electron chi connectivity index (χ2n) is 3.83. The fraction of sp³-hybridized carbons (Fsp3) is 0.154. The maximum absolute atomic E-state index is 10.7. The summed E-state index contributed by atoms with van der Waals surface area (Å²) in [7, 11) is 0. The second-order valence-corrected chi connectivity index (χ2v) is 5.07. The number of rotatable bonds is 3. The van der Waals surface area contributed by atoms with Crippen LogP contribution in [0.3, 0.4) is 0 Å². The third-order valence-corrected chi connectivity index (χ3v) is 3.19. The molecule has 88 valence electrons. The summed E-state index contributed by atoms with van der Waals surface area (Å²) in [6.45, 7) is 1.82. The highest BCUT2D eigenvalue weighted by Gasteiger charge is 2.09. The maximum atomic E-state index is 10.7. The summed E-state index contributed by atoms with van der Waals surface area (Å²) in [5.41, 5.74) is 1.61. The number of carbonyl (C=O) groups is 1. The van der Waals surface area contributed by atoms with E-state index in [0.29, 0.717) is 24.2 Å². The van der Waals surface area contributed by atoms with Crippen molar-refractivity contribution < 1.29 is 14.3 Å². The first kappa shape index (κ1) is 12.2. The van der Waals surface area contributed by atoms with Crippen LogP contribution in [0.15, 0.2) is 28.7 Å². The van der Waals surface area contributed by atoms with E-state index in [2.05, 4.69) is 22.6 Å². The van der Waals surface area contributed by atoms with Gasteiger partial charge in [-0.1, -0.05) is 0 Å². The van der Waals surface area contributed by atoms with Gasteiger partial charge in [0.05, 0.1) is 0 Å². The molecular formula is C13H11IO3. The summed E-state index contributed by atoms with van der Waals surface area (Å²) in [6, 6.07) is 7.22. The number of aryl methyl sites for hydroxylation is 1. The molecule has 2 aromatic rings. The first-order valence-electron chi connectivity index (χ1n) is 5.12. The van der Waals surface area contributed by atoms with Crippen LogP contribution in [0.1, 0.15) is 27.4 Å². The number of carbonyl (C=O) groups excluding carboxylic acids is 1. The number of hydrogen-bond acceptors (Lipinski definition) is 3. The molecule has 1 aromatic heterocycles. The summed E-state index contributed by atoms with van der Waals surface area (Å²) < 4.78 is 6.43. The van der Waals surface area contributed by atoms with Gasteiger partial charge in [-0.2, -0.15) is 0 Å². The number of benzene rings is 1. The number of furan rings is 1. The minimum Gasteiger partial charge on any atom is -0.508 e. The Hall–Kier alpha value is -1.30. The second kappa shape index (κ2) is 4.91. The smallest absolute Gasteiger partial charge is 0.185 e. The molecule has 1 N–H and O–H groups in total. The van der Waals surface area contributed by atoms with Crippen LogP contribution in [0.2, 0.25) is 0 Å². The lowest BCUT2D eigenvalue weighted by molar-refractivity contribution is 0.109. The molecule has 0 unspecified atom stereocenters. The van der Waals surface area contributed by atoms with Crippen molar-refractivity contribution in [3.63, 3.8) is 0 Å². The van der Waals surface area contributed by atoms with E-state index in [1.807, 2.05) is 25.1 Å². The van der Waals surface area contributed by atoms with Gasteiger partial charge >= 0.3 is 0 Å². The maximum Gasteiger partial charge on any atom is 0.185 e. The summed E-state index contributed by atoms with van der Waals surface area (Å²) in [5, 5.41) is 9.72. The number of phenolic OH excluding ortho intramolecular Hbond substituents is 1. The Morgan fingerprint density at radius 2 is 2.18 bits per heavy atom. The molecule has 0 amide bonds. The van der Waals surface area contributed by atoms with E-state index < -0.39 is 0 Å². The molecule has 17 heavy (non-hydrogen) atoms. The van der Waals surface area contributed by atoms with Crippen molar-refractivity contribution in [3.8, 4) is 5.75 Å². The standard InChI is InChI=1S/C13H11IO3/c1-8-4-11(17-13(8)7-15)6-9-5-10(14)2-3-12(9)16/h2-5,7,16H,6H2,1H3. The van der Waals surface area contributed by atoms with Gasteiger partial charge < -0.3 is 9.52 Å². The van der Waals surface area contributed by atoms with Gasteiger partial charge in [0.1, 0.15) is 11.5 Å². The molecule has 0 spiro atoms. The minimum atomic E-state index is 0.243. The van der Waals surface area contributed by atoms with Crippen LogP contribution in [0.5, 0.6) is 5.75 Å². The predicted molar refractivity (Wildman–Crippen MR) is 72.5 cm³/mol. The van der Waals surface area contributed by atoms with Crippen LogP contribution >= 0.6 is 22.6 Å². The highest BCUT2D eigenvalue weighted by atomic mass is 127. The van der Waals surface area contributed by atoms with Crippen LogP contribution in [-0.2, 0) is 6.42 Å². The zero-order valence-electron chi connectivity index (χ0n) is 9.24. The summed E-state index contributed by atoms with van der Waals surface area (Å²) in [4.78, 5) is 10.7. The summed E-state index contributed by atoms with van der Waals surface area (Å²) in [6.07, 6.45) is 1.19. The fourth-order valence-corrected chi connectivity index (χ4v) is 2.21. The molecule has 1 aromatic carbocycles. The fourth-order valence-electron chi connectivity index (χ4n) is 1.65. The molecule has 0 saturated heterocycles. The average molecular weight is 342 g/mol. The Morgan fingerprint density at radius 3 is 2.82 bits per heavy atom. The predicted octanol–water partition coefficient (Wildman–Crippen LogP) is 3.30. The number of hydrogen-bond donors (Lipinski definition) is 1. The van der Waals surface area contributed by atoms with E-state index in [1.165, 1.54) is 0 Å². The van der Waals surface area contributed by atoms with Crippen molar-refractivity contribution in [2.24, 2.45) is 0 Å². The van der Waals surface area contributed by atoms with E-state index >= 15 is 0 Å². The van der Waals surface area contributed by atoms with Gasteiger partial charge in [-0.25, -0.2) is 0 Å². The normalized spacial score (nSPS) is 10.5. The first-order valence-corrected chi connectivity index (χ1v) is 6.20. The Balaban J connectivity index is 2.30. The number of aromatic hydroxyl groups is 1. The summed E-state index contributed by atoms with van der Waals surface area (Å²) in [5.74, 6) is 1.28. The van der Waals surface area contributed by atoms with E-state index in [-0.39, 0.29) is 5.75 Å². The zero-order chi connectivity index (χ0) is 12.4. The largest absolute Gasteiger partial charge is 0.508 e.